The molecule has 0 amide bonds. The van der Waals surface area contributed by atoms with E-state index in [2.05, 4.69) is 37.9 Å². The predicted molar refractivity (Wildman–Crippen MR) is 179 cm³/mol. The summed E-state index contributed by atoms with van der Waals surface area (Å²) in [5.41, 5.74) is 0.130. The van der Waals surface area contributed by atoms with E-state index in [1.54, 1.807) is 46.8 Å². The number of pyridine rings is 1. The monoisotopic (exact) mass is 633 g/mol. The zero-order valence-corrected chi connectivity index (χ0v) is 28.1. The molecule has 3 rings (SSSR count). The highest BCUT2D eigenvalue weighted by molar-refractivity contribution is 7.89. The first-order valence-electron chi connectivity index (χ1n) is 16.1. The minimum absolute atomic E-state index is 0.0809. The van der Waals surface area contributed by atoms with Gasteiger partial charge in [0.1, 0.15) is 11.6 Å². The summed E-state index contributed by atoms with van der Waals surface area (Å²) in [5, 5.41) is 28.8. The van der Waals surface area contributed by atoms with E-state index in [0.29, 0.717) is 36.3 Å². The molecule has 0 aliphatic carbocycles. The van der Waals surface area contributed by atoms with Crippen LogP contribution in [0.5, 0.6) is 5.88 Å². The summed E-state index contributed by atoms with van der Waals surface area (Å²) in [6.07, 6.45) is 8.16. The van der Waals surface area contributed by atoms with Crippen molar-refractivity contribution in [1.82, 2.24) is 8.87 Å². The highest BCUT2D eigenvalue weighted by Crippen LogP contribution is 2.30. The van der Waals surface area contributed by atoms with Crippen molar-refractivity contribution in [2.75, 3.05) is 13.1 Å². The number of aromatic hydroxyl groups is 1. The molecule has 0 fully saturated rings. The molecule has 2 atom stereocenters. The van der Waals surface area contributed by atoms with Gasteiger partial charge in [0.25, 0.3) is 5.56 Å². The molecule has 0 saturated heterocycles. The number of sulfonamides is 1. The number of para-hydroxylation sites is 1. The number of hydrogen-bond donors (Lipinski definition) is 1. The lowest BCUT2D eigenvalue weighted by Crippen LogP contribution is -2.39. The SMILES string of the molecule is CCCCC(CC)CN(CC(CC)CCCC)S(=O)(=O)c1ccc(N=Nc2c(C)c(C#N)c(O)n(-c3ccccc3)c2=O)cc1. The highest BCUT2D eigenvalue weighted by Gasteiger charge is 2.29. The Labute approximate surface area is 268 Å². The van der Waals surface area contributed by atoms with E-state index in [1.807, 2.05) is 6.07 Å². The lowest BCUT2D eigenvalue weighted by molar-refractivity contribution is 0.270. The molecule has 2 aromatic carbocycles. The van der Waals surface area contributed by atoms with Gasteiger partial charge in [-0.1, -0.05) is 84.4 Å². The summed E-state index contributed by atoms with van der Waals surface area (Å²) < 4.78 is 30.7. The highest BCUT2D eigenvalue weighted by atomic mass is 32.2. The molecule has 0 radical (unpaired) electrons. The Balaban J connectivity index is 1.95. The number of aromatic nitrogens is 1. The summed E-state index contributed by atoms with van der Waals surface area (Å²) in [7, 11) is -3.76. The quantitative estimate of drug-likeness (QED) is 0.149. The first-order valence-corrected chi connectivity index (χ1v) is 17.5. The average molecular weight is 634 g/mol. The van der Waals surface area contributed by atoms with Crippen LogP contribution in [0.2, 0.25) is 0 Å². The molecule has 0 aliphatic rings. The van der Waals surface area contributed by atoms with Crippen LogP contribution in [-0.2, 0) is 10.0 Å². The molecular weight excluding hydrogens is 586 g/mol. The van der Waals surface area contributed by atoms with Crippen molar-refractivity contribution in [3.63, 3.8) is 0 Å². The van der Waals surface area contributed by atoms with Gasteiger partial charge in [0.15, 0.2) is 5.69 Å². The Morgan fingerprint density at radius 2 is 1.44 bits per heavy atom. The van der Waals surface area contributed by atoms with Gasteiger partial charge in [0, 0.05) is 18.7 Å². The van der Waals surface area contributed by atoms with Crippen molar-refractivity contribution in [2.24, 2.45) is 22.1 Å². The molecule has 1 aromatic heterocycles. The molecule has 242 valence electrons. The van der Waals surface area contributed by atoms with E-state index in [1.165, 1.54) is 19.1 Å². The summed E-state index contributed by atoms with van der Waals surface area (Å²) >= 11 is 0. The number of azo groups is 1. The average Bonchev–Trinajstić information content (AvgIpc) is 3.04. The maximum Gasteiger partial charge on any atom is 0.286 e. The zero-order valence-electron chi connectivity index (χ0n) is 27.2. The van der Waals surface area contributed by atoms with E-state index in [9.17, 15) is 23.6 Å². The van der Waals surface area contributed by atoms with E-state index in [-0.39, 0.29) is 21.7 Å². The van der Waals surface area contributed by atoms with Gasteiger partial charge in [0.05, 0.1) is 16.3 Å². The van der Waals surface area contributed by atoms with Gasteiger partial charge in [-0.05, 0) is 68.0 Å². The molecule has 1 N–H and O–H groups in total. The molecule has 10 heteroatoms. The Hall–Kier alpha value is -3.81. The zero-order chi connectivity index (χ0) is 33.0. The van der Waals surface area contributed by atoms with Crippen LogP contribution in [0, 0.1) is 30.1 Å². The minimum Gasteiger partial charge on any atom is -0.493 e. The number of nitrogens with zero attached hydrogens (tertiary/aromatic N) is 5. The minimum atomic E-state index is -3.76. The van der Waals surface area contributed by atoms with E-state index in [0.717, 1.165) is 55.9 Å². The van der Waals surface area contributed by atoms with Crippen LogP contribution in [0.4, 0.5) is 11.4 Å². The first-order chi connectivity index (χ1) is 21.6. The Kier molecular flexibility index (Phi) is 13.5. The Morgan fingerprint density at radius 3 is 1.93 bits per heavy atom. The summed E-state index contributed by atoms with van der Waals surface area (Å²) in [6, 6.07) is 16.6. The van der Waals surface area contributed by atoms with E-state index in [4.69, 9.17) is 0 Å². The van der Waals surface area contributed by atoms with Gasteiger partial charge >= 0.3 is 0 Å². The molecule has 0 aliphatic heterocycles. The van der Waals surface area contributed by atoms with Gasteiger partial charge in [-0.3, -0.25) is 4.79 Å². The van der Waals surface area contributed by atoms with Crippen LogP contribution in [0.15, 0.2) is 74.5 Å². The maximum absolute atomic E-state index is 14.0. The topological polar surface area (TPSA) is 128 Å². The van der Waals surface area contributed by atoms with Crippen molar-refractivity contribution in [3.05, 3.63) is 76.1 Å². The van der Waals surface area contributed by atoms with Crippen LogP contribution in [0.25, 0.3) is 5.69 Å². The van der Waals surface area contributed by atoms with Crippen molar-refractivity contribution in [2.45, 2.75) is 90.9 Å². The van der Waals surface area contributed by atoms with E-state index >= 15 is 0 Å². The number of benzene rings is 2. The summed E-state index contributed by atoms with van der Waals surface area (Å²) in [5.74, 6) is 0.121. The molecule has 9 nitrogen and oxygen atoms in total. The molecular formula is C35H47N5O4S. The van der Waals surface area contributed by atoms with Gasteiger partial charge in [-0.2, -0.15) is 14.7 Å². The molecule has 0 spiro atoms. The largest absolute Gasteiger partial charge is 0.493 e. The van der Waals surface area contributed by atoms with Crippen LogP contribution in [0.3, 0.4) is 0 Å². The predicted octanol–water partition coefficient (Wildman–Crippen LogP) is 8.56. The maximum atomic E-state index is 14.0. The molecule has 0 saturated carbocycles. The third kappa shape index (κ3) is 8.89. The fourth-order valence-corrected chi connectivity index (χ4v) is 7.04. The van der Waals surface area contributed by atoms with Crippen molar-refractivity contribution < 1.29 is 13.5 Å². The first kappa shape index (κ1) is 35.7. The molecule has 3 aromatic rings. The second-order valence-electron chi connectivity index (χ2n) is 11.6. The van der Waals surface area contributed by atoms with Crippen LogP contribution < -0.4 is 5.56 Å². The third-order valence-electron chi connectivity index (χ3n) is 8.45. The molecule has 45 heavy (non-hydrogen) atoms. The molecule has 2 unspecified atom stereocenters. The van der Waals surface area contributed by atoms with Gasteiger partial charge in [0.2, 0.25) is 15.9 Å². The molecule has 1 heterocycles. The lowest BCUT2D eigenvalue weighted by atomic mass is 9.97. The summed E-state index contributed by atoms with van der Waals surface area (Å²) in [4.78, 5) is 13.6. The normalized spacial score (nSPS) is 13.3. The van der Waals surface area contributed by atoms with E-state index < -0.39 is 21.5 Å². The van der Waals surface area contributed by atoms with Crippen molar-refractivity contribution >= 4 is 21.4 Å². The number of rotatable bonds is 17. The Morgan fingerprint density at radius 1 is 0.889 bits per heavy atom. The van der Waals surface area contributed by atoms with Crippen LogP contribution in [-0.4, -0.2) is 35.5 Å². The summed E-state index contributed by atoms with van der Waals surface area (Å²) in [6.45, 7) is 11.1. The number of unbranched alkanes of at least 4 members (excludes halogenated alkanes) is 2. The number of hydrogen-bond acceptors (Lipinski definition) is 7. The second kappa shape index (κ2) is 17.0. The fraction of sp³-hybridized carbons (Fsp3) is 0.486. The smallest absolute Gasteiger partial charge is 0.286 e. The van der Waals surface area contributed by atoms with Crippen LogP contribution >= 0.6 is 0 Å². The molecule has 0 bridgehead atoms. The standard InChI is InChI=1S/C35H47N5O4S/c1-6-10-15-27(8-3)24-39(25-28(9-4)16-11-7-2)45(43,44)31-21-19-29(20-22-31)37-38-33-26(5)32(23-36)34(41)40(35(33)42)30-17-13-12-14-18-30/h12-14,17-22,27-28,41H,6-11,15-16,24-25H2,1-5H3. The van der Waals surface area contributed by atoms with Gasteiger partial charge in [-0.15, -0.1) is 5.11 Å². The third-order valence-corrected chi connectivity index (χ3v) is 10.3. The number of nitriles is 1. The Bertz CT molecular complexity index is 1610. The fourth-order valence-electron chi connectivity index (χ4n) is 5.45. The van der Waals surface area contributed by atoms with Gasteiger partial charge < -0.3 is 5.11 Å². The van der Waals surface area contributed by atoms with Crippen molar-refractivity contribution in [3.8, 4) is 17.6 Å². The van der Waals surface area contributed by atoms with Gasteiger partial charge in [-0.25, -0.2) is 13.0 Å². The van der Waals surface area contributed by atoms with Crippen molar-refractivity contribution in [1.29, 1.82) is 5.26 Å². The lowest BCUT2D eigenvalue weighted by Gasteiger charge is -2.30. The second-order valence-corrected chi connectivity index (χ2v) is 13.5. The van der Waals surface area contributed by atoms with Crippen LogP contribution in [0.1, 0.15) is 90.2 Å².